The number of esters is 2. The number of aryl methyl sites for hydroxylation is 1. The van der Waals surface area contributed by atoms with Gasteiger partial charge in [-0.2, -0.15) is 0 Å². The number of hydrogen-bond donors (Lipinski definition) is 1. The molecule has 1 unspecified atom stereocenters. The van der Waals surface area contributed by atoms with Gasteiger partial charge in [0.05, 0.1) is 28.4 Å². The Kier molecular flexibility index (Phi) is 6.29. The molecule has 0 saturated carbocycles. The maximum absolute atomic E-state index is 12.7. The Morgan fingerprint density at radius 1 is 1.21 bits per heavy atom. The highest BCUT2D eigenvalue weighted by Gasteiger charge is 2.28. The van der Waals surface area contributed by atoms with Crippen LogP contribution in [0.5, 0.6) is 0 Å². The number of aromatic amines is 1. The average molecular weight is 388 g/mol. The van der Waals surface area contributed by atoms with E-state index in [-0.39, 0.29) is 29.1 Å². The molecule has 0 aliphatic carbocycles. The van der Waals surface area contributed by atoms with Crippen molar-refractivity contribution in [1.82, 2.24) is 4.98 Å². The van der Waals surface area contributed by atoms with Gasteiger partial charge in [0.2, 0.25) is 5.78 Å². The Balaban J connectivity index is 2.20. The fourth-order valence-electron chi connectivity index (χ4n) is 2.74. The van der Waals surface area contributed by atoms with Gasteiger partial charge in [-0.1, -0.05) is 6.07 Å². The quantitative estimate of drug-likeness (QED) is 0.334. The zero-order valence-electron chi connectivity index (χ0n) is 15.9. The molecule has 9 nitrogen and oxygen atoms in total. The molecule has 2 aromatic rings. The van der Waals surface area contributed by atoms with Crippen molar-refractivity contribution in [3.05, 3.63) is 62.5 Å². The number of carbonyl (C=O) groups excluding carboxylic acids is 3. The molecule has 0 fully saturated rings. The van der Waals surface area contributed by atoms with E-state index in [1.807, 2.05) is 0 Å². The maximum Gasteiger partial charge on any atom is 0.340 e. The largest absolute Gasteiger partial charge is 0.462 e. The predicted octanol–water partition coefficient (Wildman–Crippen LogP) is 3.14. The van der Waals surface area contributed by atoms with Crippen LogP contribution in [0.2, 0.25) is 0 Å². The molecule has 0 radical (unpaired) electrons. The highest BCUT2D eigenvalue weighted by Crippen LogP contribution is 2.22. The van der Waals surface area contributed by atoms with Crippen LogP contribution in [0.25, 0.3) is 0 Å². The van der Waals surface area contributed by atoms with Crippen LogP contribution in [0.1, 0.15) is 56.3 Å². The lowest BCUT2D eigenvalue weighted by Gasteiger charge is -2.12. The van der Waals surface area contributed by atoms with Crippen LogP contribution in [0, 0.1) is 24.0 Å². The van der Waals surface area contributed by atoms with E-state index in [1.165, 1.54) is 25.1 Å². The molecule has 0 spiro atoms. The number of rotatable bonds is 7. The number of nitro groups is 1. The average Bonchev–Trinajstić information content (AvgIpc) is 2.95. The van der Waals surface area contributed by atoms with Gasteiger partial charge in [0.1, 0.15) is 0 Å². The van der Waals surface area contributed by atoms with Gasteiger partial charge >= 0.3 is 11.9 Å². The molecule has 2 rings (SSSR count). The van der Waals surface area contributed by atoms with Gasteiger partial charge in [-0.25, -0.2) is 9.59 Å². The van der Waals surface area contributed by atoms with Gasteiger partial charge in [0.15, 0.2) is 6.10 Å². The van der Waals surface area contributed by atoms with E-state index in [2.05, 4.69) is 4.98 Å². The second kappa shape index (κ2) is 8.47. The molecule has 0 aliphatic heterocycles. The smallest absolute Gasteiger partial charge is 0.340 e. The van der Waals surface area contributed by atoms with Crippen molar-refractivity contribution in [2.24, 2.45) is 0 Å². The number of nitrogens with one attached hydrogen (secondary N) is 1. The third-order valence-corrected chi connectivity index (χ3v) is 4.11. The van der Waals surface area contributed by atoms with E-state index in [4.69, 9.17) is 9.47 Å². The summed E-state index contributed by atoms with van der Waals surface area (Å²) in [6, 6.07) is 5.02. The summed E-state index contributed by atoms with van der Waals surface area (Å²) in [4.78, 5) is 50.0. The number of ketones is 1. The summed E-state index contributed by atoms with van der Waals surface area (Å²) in [6.07, 6.45) is -1.17. The first kappa shape index (κ1) is 20.8. The van der Waals surface area contributed by atoms with Crippen molar-refractivity contribution in [3.8, 4) is 0 Å². The molecule has 1 aromatic heterocycles. The lowest BCUT2D eigenvalue weighted by molar-refractivity contribution is -0.384. The Bertz CT molecular complexity index is 946. The fraction of sp³-hybridized carbons (Fsp3) is 0.316. The Morgan fingerprint density at radius 2 is 1.89 bits per heavy atom. The van der Waals surface area contributed by atoms with E-state index in [9.17, 15) is 24.5 Å². The van der Waals surface area contributed by atoms with Crippen LogP contribution in [0.15, 0.2) is 24.3 Å². The second-order valence-corrected chi connectivity index (χ2v) is 6.06. The molecule has 148 valence electrons. The number of carbonyl (C=O) groups is 3. The molecule has 0 bridgehead atoms. The van der Waals surface area contributed by atoms with Crippen LogP contribution in [-0.2, 0) is 9.47 Å². The highest BCUT2D eigenvalue weighted by atomic mass is 16.6. The molecular formula is C19H20N2O7. The molecule has 0 saturated heterocycles. The minimum atomic E-state index is -1.17. The first-order valence-corrected chi connectivity index (χ1v) is 8.53. The topological polar surface area (TPSA) is 129 Å². The molecule has 1 N–H and O–H groups in total. The number of non-ortho nitro benzene ring substituents is 1. The molecule has 1 heterocycles. The minimum Gasteiger partial charge on any atom is -0.462 e. The van der Waals surface area contributed by atoms with Gasteiger partial charge in [0, 0.05) is 17.8 Å². The third kappa shape index (κ3) is 4.25. The van der Waals surface area contributed by atoms with Crippen molar-refractivity contribution in [2.45, 2.75) is 33.8 Å². The SMILES string of the molecule is CCOC(=O)c1c(C)[nH]c(C(=O)C(C)OC(=O)c2cccc([N+](=O)[O-])c2)c1C. The van der Waals surface area contributed by atoms with Crippen molar-refractivity contribution in [1.29, 1.82) is 0 Å². The Morgan fingerprint density at radius 3 is 2.50 bits per heavy atom. The highest BCUT2D eigenvalue weighted by molar-refractivity contribution is 6.04. The number of benzene rings is 1. The minimum absolute atomic E-state index is 0.0412. The van der Waals surface area contributed by atoms with Gasteiger partial charge in [-0.05, 0) is 39.3 Å². The summed E-state index contributed by atoms with van der Waals surface area (Å²) in [7, 11) is 0. The number of aromatic nitrogens is 1. The zero-order valence-corrected chi connectivity index (χ0v) is 15.9. The molecular weight excluding hydrogens is 368 g/mol. The molecule has 9 heteroatoms. The molecule has 0 amide bonds. The summed E-state index contributed by atoms with van der Waals surface area (Å²) in [5, 5.41) is 10.8. The van der Waals surface area contributed by atoms with Crippen LogP contribution in [0.3, 0.4) is 0 Å². The van der Waals surface area contributed by atoms with E-state index in [0.29, 0.717) is 11.3 Å². The number of nitrogens with zero attached hydrogens (tertiary/aromatic N) is 1. The van der Waals surface area contributed by atoms with Crippen LogP contribution in [0.4, 0.5) is 5.69 Å². The summed E-state index contributed by atoms with van der Waals surface area (Å²) in [5.74, 6) is -1.94. The second-order valence-electron chi connectivity index (χ2n) is 6.06. The van der Waals surface area contributed by atoms with Gasteiger partial charge in [-0.15, -0.1) is 0 Å². The van der Waals surface area contributed by atoms with Gasteiger partial charge in [0.25, 0.3) is 5.69 Å². The first-order valence-electron chi connectivity index (χ1n) is 8.53. The number of hydrogen-bond acceptors (Lipinski definition) is 7. The van der Waals surface area contributed by atoms with Crippen molar-refractivity contribution in [3.63, 3.8) is 0 Å². The van der Waals surface area contributed by atoms with Crippen molar-refractivity contribution in [2.75, 3.05) is 6.61 Å². The number of nitro benzene ring substituents is 1. The maximum atomic E-state index is 12.7. The summed E-state index contributed by atoms with van der Waals surface area (Å²) >= 11 is 0. The number of Topliss-reactive ketones (excluding diaryl/α,β-unsaturated/α-hetero) is 1. The normalized spacial score (nSPS) is 11.6. The third-order valence-electron chi connectivity index (χ3n) is 4.11. The van der Waals surface area contributed by atoms with Crippen LogP contribution >= 0.6 is 0 Å². The van der Waals surface area contributed by atoms with E-state index < -0.39 is 28.7 Å². The van der Waals surface area contributed by atoms with Gasteiger partial charge < -0.3 is 14.5 Å². The van der Waals surface area contributed by atoms with Crippen LogP contribution < -0.4 is 0 Å². The van der Waals surface area contributed by atoms with Gasteiger partial charge in [-0.3, -0.25) is 14.9 Å². The van der Waals surface area contributed by atoms with Crippen molar-refractivity contribution < 1.29 is 28.8 Å². The standard InChI is InChI=1S/C19H20N2O7/c1-5-27-19(24)15-10(2)16(20-11(15)3)17(22)12(4)28-18(23)13-7-6-8-14(9-13)21(25)26/h6-9,12,20H,5H2,1-4H3. The van der Waals surface area contributed by atoms with E-state index in [0.717, 1.165) is 6.07 Å². The summed E-state index contributed by atoms with van der Waals surface area (Å²) in [6.45, 7) is 6.49. The van der Waals surface area contributed by atoms with E-state index >= 15 is 0 Å². The first-order chi connectivity index (χ1) is 13.2. The number of H-pyrrole nitrogens is 1. The summed E-state index contributed by atoms with van der Waals surface area (Å²) in [5.41, 5.74) is 0.974. The van der Waals surface area contributed by atoms with Crippen molar-refractivity contribution >= 4 is 23.4 Å². The van der Waals surface area contributed by atoms with E-state index in [1.54, 1.807) is 20.8 Å². The number of ether oxygens (including phenoxy) is 2. The van der Waals surface area contributed by atoms with Crippen LogP contribution in [-0.4, -0.2) is 40.3 Å². The fourth-order valence-corrected chi connectivity index (χ4v) is 2.74. The molecule has 1 aromatic carbocycles. The Hall–Kier alpha value is -3.49. The Labute approximate surface area is 160 Å². The monoisotopic (exact) mass is 388 g/mol. The zero-order chi connectivity index (χ0) is 21.0. The molecule has 0 aliphatic rings. The lowest BCUT2D eigenvalue weighted by atomic mass is 10.1. The summed E-state index contributed by atoms with van der Waals surface area (Å²) < 4.78 is 10.1. The predicted molar refractivity (Wildman–Crippen MR) is 98.5 cm³/mol. The molecule has 28 heavy (non-hydrogen) atoms. The molecule has 1 atom stereocenters. The lowest BCUT2D eigenvalue weighted by Crippen LogP contribution is -2.25.